The van der Waals surface area contributed by atoms with E-state index in [-0.39, 0.29) is 24.7 Å². The minimum Gasteiger partial charge on any atom is -0.460 e. The number of nitrogens with two attached hydrogens (primary N) is 1. The summed E-state index contributed by atoms with van der Waals surface area (Å²) < 4.78 is 19.8. The number of carbonyl (C=O) groups excluding carboxylic acids is 1. The highest BCUT2D eigenvalue weighted by Gasteiger charge is 2.22. The van der Waals surface area contributed by atoms with Gasteiger partial charge in [0.25, 0.3) is 0 Å². The summed E-state index contributed by atoms with van der Waals surface area (Å²) in [7, 11) is 0. The lowest BCUT2D eigenvalue weighted by Gasteiger charge is -2.36. The molecule has 1 aromatic carbocycles. The molecule has 0 radical (unpaired) electrons. The molecule has 0 aliphatic carbocycles. The third-order valence-electron chi connectivity index (χ3n) is 4.09. The molecule has 2 aromatic rings. The summed E-state index contributed by atoms with van der Waals surface area (Å²) in [6.45, 7) is 2.73. The van der Waals surface area contributed by atoms with Crippen molar-refractivity contribution in [2.75, 3.05) is 36.0 Å². The van der Waals surface area contributed by atoms with Crippen LogP contribution in [0.15, 0.2) is 29.8 Å². The first-order valence-electron chi connectivity index (χ1n) is 8.20. The third-order valence-corrected chi connectivity index (χ3v) is 4.92. The van der Waals surface area contributed by atoms with E-state index in [1.807, 2.05) is 10.3 Å². The second kappa shape index (κ2) is 8.13. The first kappa shape index (κ1) is 18.1. The van der Waals surface area contributed by atoms with Gasteiger partial charge < -0.3 is 20.3 Å². The van der Waals surface area contributed by atoms with Gasteiger partial charge in [-0.3, -0.25) is 10.2 Å². The third kappa shape index (κ3) is 4.29. The van der Waals surface area contributed by atoms with Gasteiger partial charge in [-0.25, -0.2) is 9.37 Å². The van der Waals surface area contributed by atoms with Crippen LogP contribution in [0.4, 0.5) is 15.2 Å². The molecular formula is C17H20FN5O2S. The molecule has 0 saturated carbocycles. The lowest BCUT2D eigenvalue weighted by molar-refractivity contribution is -0.143. The van der Waals surface area contributed by atoms with E-state index in [1.165, 1.54) is 0 Å². The number of aromatic nitrogens is 1. The zero-order valence-electron chi connectivity index (χ0n) is 14.2. The fourth-order valence-corrected chi connectivity index (χ4v) is 3.49. The van der Waals surface area contributed by atoms with Crippen LogP contribution < -0.4 is 15.5 Å². The van der Waals surface area contributed by atoms with E-state index in [4.69, 9.17) is 15.9 Å². The van der Waals surface area contributed by atoms with E-state index in [1.54, 1.807) is 35.7 Å². The van der Waals surface area contributed by atoms with Gasteiger partial charge in [-0.15, -0.1) is 11.3 Å². The molecule has 9 heteroatoms. The summed E-state index contributed by atoms with van der Waals surface area (Å²) in [5, 5.41) is 10.00. The molecule has 26 heavy (non-hydrogen) atoms. The lowest BCUT2D eigenvalue weighted by atomic mass is 10.1. The average Bonchev–Trinajstić information content (AvgIpc) is 3.15. The Bertz CT molecular complexity index is 775. The maximum Gasteiger partial charge on any atom is 0.313 e. The van der Waals surface area contributed by atoms with E-state index >= 15 is 0 Å². The van der Waals surface area contributed by atoms with Crippen LogP contribution in [0.3, 0.4) is 0 Å². The van der Waals surface area contributed by atoms with Crippen molar-refractivity contribution in [3.05, 3.63) is 41.2 Å². The van der Waals surface area contributed by atoms with Gasteiger partial charge in [0.05, 0.1) is 5.69 Å². The van der Waals surface area contributed by atoms with E-state index < -0.39 is 5.97 Å². The number of amidine groups is 1. The molecule has 0 amide bonds. The molecule has 1 aliphatic heterocycles. The van der Waals surface area contributed by atoms with Crippen LogP contribution in [-0.4, -0.2) is 43.0 Å². The maximum atomic E-state index is 14.8. The summed E-state index contributed by atoms with van der Waals surface area (Å²) in [6.07, 6.45) is 1.49. The molecular weight excluding hydrogens is 357 g/mol. The van der Waals surface area contributed by atoms with Crippen LogP contribution in [0, 0.1) is 11.2 Å². The molecule has 0 spiro atoms. The van der Waals surface area contributed by atoms with Crippen LogP contribution in [0.2, 0.25) is 0 Å². The van der Waals surface area contributed by atoms with Gasteiger partial charge in [0, 0.05) is 43.3 Å². The van der Waals surface area contributed by atoms with Gasteiger partial charge in [-0.2, -0.15) is 0 Å². The molecule has 0 bridgehead atoms. The summed E-state index contributed by atoms with van der Waals surface area (Å²) in [4.78, 5) is 20.0. The topological polar surface area (TPSA) is 95.5 Å². The summed E-state index contributed by atoms with van der Waals surface area (Å²) in [6, 6.07) is 5.07. The summed E-state index contributed by atoms with van der Waals surface area (Å²) in [5.41, 5.74) is 5.97. The van der Waals surface area contributed by atoms with Gasteiger partial charge >= 0.3 is 5.97 Å². The van der Waals surface area contributed by atoms with Gasteiger partial charge in [-0.1, -0.05) is 12.1 Å². The molecule has 1 fully saturated rings. The molecule has 0 atom stereocenters. The van der Waals surface area contributed by atoms with E-state index in [9.17, 15) is 9.18 Å². The zero-order valence-corrected chi connectivity index (χ0v) is 15.0. The molecule has 3 N–H and O–H groups in total. The van der Waals surface area contributed by atoms with Crippen LogP contribution in [-0.2, 0) is 16.1 Å². The Morgan fingerprint density at radius 2 is 2.04 bits per heavy atom. The quantitative estimate of drug-likeness (QED) is 0.454. The molecule has 3 rings (SSSR count). The Morgan fingerprint density at radius 1 is 1.31 bits per heavy atom. The standard InChI is InChI=1S/C17H20FN5O2S/c18-16-12(11-25-15(24)10-14(19)20)2-1-3-13(16)22-5-7-23(8-6-22)17-21-4-9-26-17/h1-4,9H,5-8,10-11H2,(H3,19,20). The summed E-state index contributed by atoms with van der Waals surface area (Å²) >= 11 is 1.60. The van der Waals surface area contributed by atoms with Crippen molar-refractivity contribution in [1.82, 2.24) is 4.98 Å². The van der Waals surface area contributed by atoms with Gasteiger partial charge in [-0.05, 0) is 6.07 Å². The van der Waals surface area contributed by atoms with Crippen LogP contribution >= 0.6 is 11.3 Å². The average molecular weight is 377 g/mol. The highest BCUT2D eigenvalue weighted by atomic mass is 32.1. The highest BCUT2D eigenvalue weighted by Crippen LogP contribution is 2.26. The molecule has 1 saturated heterocycles. The zero-order chi connectivity index (χ0) is 18.5. The Balaban J connectivity index is 1.62. The lowest BCUT2D eigenvalue weighted by Crippen LogP contribution is -2.46. The number of benzene rings is 1. The molecule has 1 aromatic heterocycles. The second-order valence-corrected chi connectivity index (χ2v) is 6.77. The number of hydrogen-bond acceptors (Lipinski definition) is 7. The van der Waals surface area contributed by atoms with Gasteiger partial charge in [0.2, 0.25) is 0 Å². The van der Waals surface area contributed by atoms with E-state index in [0.29, 0.717) is 24.3 Å². The minimum absolute atomic E-state index is 0.176. The predicted molar refractivity (Wildman–Crippen MR) is 99.3 cm³/mol. The van der Waals surface area contributed by atoms with Crippen LogP contribution in [0.25, 0.3) is 0 Å². The van der Waals surface area contributed by atoms with Crippen molar-refractivity contribution in [1.29, 1.82) is 5.41 Å². The Hall–Kier alpha value is -2.68. The number of nitrogens with one attached hydrogen (secondary N) is 1. The molecule has 138 valence electrons. The van der Waals surface area contributed by atoms with Crippen molar-refractivity contribution in [3.63, 3.8) is 0 Å². The number of piperazine rings is 1. The second-order valence-electron chi connectivity index (χ2n) is 5.90. The van der Waals surface area contributed by atoms with Crippen molar-refractivity contribution < 1.29 is 13.9 Å². The molecule has 7 nitrogen and oxygen atoms in total. The molecule has 0 unspecified atom stereocenters. The first-order valence-corrected chi connectivity index (χ1v) is 9.08. The number of esters is 1. The number of halogens is 1. The van der Waals surface area contributed by atoms with Gasteiger partial charge in [0.1, 0.15) is 18.9 Å². The van der Waals surface area contributed by atoms with E-state index in [2.05, 4.69) is 9.88 Å². The Labute approximate surface area is 154 Å². The number of rotatable bonds is 6. The van der Waals surface area contributed by atoms with Gasteiger partial charge in [0.15, 0.2) is 10.9 Å². The molecule has 2 heterocycles. The minimum atomic E-state index is -0.639. The number of hydrogen-bond donors (Lipinski definition) is 2. The van der Waals surface area contributed by atoms with Crippen molar-refractivity contribution in [3.8, 4) is 0 Å². The number of ether oxygens (including phenoxy) is 1. The number of carbonyl (C=O) groups is 1. The van der Waals surface area contributed by atoms with Crippen molar-refractivity contribution in [2.24, 2.45) is 5.73 Å². The maximum absolute atomic E-state index is 14.8. The van der Waals surface area contributed by atoms with Crippen LogP contribution in [0.5, 0.6) is 0 Å². The predicted octanol–water partition coefficient (Wildman–Crippen LogP) is 1.98. The van der Waals surface area contributed by atoms with Crippen molar-refractivity contribution in [2.45, 2.75) is 13.0 Å². The fourth-order valence-electron chi connectivity index (χ4n) is 2.80. The number of thiazole rings is 1. The smallest absolute Gasteiger partial charge is 0.313 e. The Morgan fingerprint density at radius 3 is 2.69 bits per heavy atom. The molecule has 1 aliphatic rings. The SMILES string of the molecule is N=C(N)CC(=O)OCc1cccc(N2CCN(c3nccs3)CC2)c1F. The summed E-state index contributed by atoms with van der Waals surface area (Å²) in [5.74, 6) is -1.30. The fraction of sp³-hybridized carbons (Fsp3) is 0.353. The van der Waals surface area contributed by atoms with E-state index in [0.717, 1.165) is 18.2 Å². The number of nitrogens with zero attached hydrogens (tertiary/aromatic N) is 3. The number of anilines is 2. The monoisotopic (exact) mass is 377 g/mol. The van der Waals surface area contributed by atoms with Crippen molar-refractivity contribution >= 4 is 34.0 Å². The largest absolute Gasteiger partial charge is 0.460 e. The van der Waals surface area contributed by atoms with Crippen LogP contribution in [0.1, 0.15) is 12.0 Å². The highest BCUT2D eigenvalue weighted by molar-refractivity contribution is 7.13. The normalized spacial score (nSPS) is 14.3. The first-order chi connectivity index (χ1) is 12.5. The Kier molecular flexibility index (Phi) is 5.67.